The van der Waals surface area contributed by atoms with Crippen molar-refractivity contribution in [1.82, 2.24) is 0 Å². The zero-order valence-electron chi connectivity index (χ0n) is 8.58. The van der Waals surface area contributed by atoms with Crippen molar-refractivity contribution in [1.29, 1.82) is 0 Å². The van der Waals surface area contributed by atoms with E-state index >= 15 is 0 Å². The van der Waals surface area contributed by atoms with Gasteiger partial charge in [-0.3, -0.25) is 4.79 Å². The van der Waals surface area contributed by atoms with Crippen LogP contribution in [-0.4, -0.2) is 12.5 Å². The molecule has 0 bridgehead atoms. The van der Waals surface area contributed by atoms with Gasteiger partial charge in [-0.2, -0.15) is 0 Å². The Morgan fingerprint density at radius 3 is 2.53 bits per heavy atom. The number of carbonyl (C=O) groups is 1. The van der Waals surface area contributed by atoms with Crippen LogP contribution in [0.15, 0.2) is 24.3 Å². The van der Waals surface area contributed by atoms with Crippen LogP contribution in [0.5, 0.6) is 0 Å². The monoisotopic (exact) mass is 223 g/mol. The lowest BCUT2D eigenvalue weighted by molar-refractivity contribution is -0.118. The Balaban J connectivity index is 2.20. The zero-order chi connectivity index (χ0) is 10.7. The van der Waals surface area contributed by atoms with Crippen molar-refractivity contribution >= 4 is 23.2 Å². The lowest BCUT2D eigenvalue weighted by Crippen LogP contribution is -2.29. The fourth-order valence-electron chi connectivity index (χ4n) is 1.88. The molecule has 0 saturated carbocycles. The van der Waals surface area contributed by atoms with Crippen molar-refractivity contribution in [3.8, 4) is 0 Å². The molecule has 0 radical (unpaired) electrons. The predicted octanol–water partition coefficient (Wildman–Crippen LogP) is 3.25. The molecule has 0 atom stereocenters. The van der Waals surface area contributed by atoms with Gasteiger partial charge in [-0.15, -0.1) is 0 Å². The minimum Gasteiger partial charge on any atom is -0.312 e. The topological polar surface area (TPSA) is 20.3 Å². The maximum absolute atomic E-state index is 11.8. The molecule has 1 heterocycles. The van der Waals surface area contributed by atoms with Crippen molar-refractivity contribution in [2.24, 2.45) is 0 Å². The summed E-state index contributed by atoms with van der Waals surface area (Å²) in [6.45, 7) is 0.834. The van der Waals surface area contributed by atoms with E-state index in [0.717, 1.165) is 31.5 Å². The van der Waals surface area contributed by atoms with Gasteiger partial charge in [-0.1, -0.05) is 18.0 Å². The Labute approximate surface area is 94.8 Å². The zero-order valence-corrected chi connectivity index (χ0v) is 9.33. The first-order chi connectivity index (χ1) is 7.27. The molecule has 1 aliphatic rings. The van der Waals surface area contributed by atoms with Crippen molar-refractivity contribution < 1.29 is 4.79 Å². The summed E-state index contributed by atoms with van der Waals surface area (Å²) >= 11 is 5.82. The van der Waals surface area contributed by atoms with Crippen molar-refractivity contribution in [3.63, 3.8) is 0 Å². The van der Waals surface area contributed by atoms with Crippen LogP contribution in [0.2, 0.25) is 5.02 Å². The summed E-state index contributed by atoms with van der Waals surface area (Å²) in [7, 11) is 0. The summed E-state index contributed by atoms with van der Waals surface area (Å²) in [5.74, 6) is 0.231. The molecule has 1 saturated heterocycles. The smallest absolute Gasteiger partial charge is 0.226 e. The second-order valence-electron chi connectivity index (χ2n) is 3.83. The summed E-state index contributed by atoms with van der Waals surface area (Å²) in [5.41, 5.74) is 0.964. The van der Waals surface area contributed by atoms with Gasteiger partial charge in [0.1, 0.15) is 0 Å². The molecular formula is C12H14ClNO. The summed E-state index contributed by atoms with van der Waals surface area (Å²) in [6, 6.07) is 7.47. The van der Waals surface area contributed by atoms with Crippen molar-refractivity contribution in [3.05, 3.63) is 29.3 Å². The number of amides is 1. The highest BCUT2D eigenvalue weighted by Gasteiger charge is 2.17. The minimum atomic E-state index is 0.231. The van der Waals surface area contributed by atoms with E-state index in [-0.39, 0.29) is 5.91 Å². The van der Waals surface area contributed by atoms with Gasteiger partial charge in [0.15, 0.2) is 0 Å². The quantitative estimate of drug-likeness (QED) is 0.716. The maximum atomic E-state index is 11.8. The first-order valence-corrected chi connectivity index (χ1v) is 5.71. The van der Waals surface area contributed by atoms with E-state index in [4.69, 9.17) is 11.6 Å². The van der Waals surface area contributed by atoms with Crippen LogP contribution in [-0.2, 0) is 4.79 Å². The standard InChI is InChI=1S/C12H14ClNO/c13-10-5-7-11(8-6-10)14-9-3-1-2-4-12(14)15/h5-8H,1-4,9H2. The molecule has 0 aliphatic carbocycles. The number of halogens is 1. The van der Waals surface area contributed by atoms with Gasteiger partial charge in [0.25, 0.3) is 0 Å². The Hall–Kier alpha value is -1.02. The minimum absolute atomic E-state index is 0.231. The molecule has 1 aliphatic heterocycles. The molecule has 1 amide bonds. The number of nitrogens with zero attached hydrogens (tertiary/aromatic N) is 1. The van der Waals surface area contributed by atoms with Crippen molar-refractivity contribution in [2.45, 2.75) is 25.7 Å². The van der Waals surface area contributed by atoms with Gasteiger partial charge in [-0.05, 0) is 37.1 Å². The average Bonchev–Trinajstić information content (AvgIpc) is 2.44. The molecular weight excluding hydrogens is 210 g/mol. The first-order valence-electron chi connectivity index (χ1n) is 5.33. The van der Waals surface area contributed by atoms with Gasteiger partial charge in [0.05, 0.1) is 0 Å². The maximum Gasteiger partial charge on any atom is 0.226 e. The van der Waals surface area contributed by atoms with Gasteiger partial charge in [0.2, 0.25) is 5.91 Å². The third-order valence-corrected chi connectivity index (χ3v) is 2.96. The Morgan fingerprint density at radius 2 is 1.80 bits per heavy atom. The fourth-order valence-corrected chi connectivity index (χ4v) is 2.00. The van der Waals surface area contributed by atoms with Crippen LogP contribution in [0, 0.1) is 0 Å². The largest absolute Gasteiger partial charge is 0.312 e. The van der Waals surface area contributed by atoms with Crippen LogP contribution in [0.25, 0.3) is 0 Å². The van der Waals surface area contributed by atoms with Gasteiger partial charge in [0, 0.05) is 23.7 Å². The highest BCUT2D eigenvalue weighted by Crippen LogP contribution is 2.22. The van der Waals surface area contributed by atoms with E-state index < -0.39 is 0 Å². The highest BCUT2D eigenvalue weighted by atomic mass is 35.5. The Morgan fingerprint density at radius 1 is 1.07 bits per heavy atom. The lowest BCUT2D eigenvalue weighted by atomic mass is 10.2. The van der Waals surface area contributed by atoms with Crippen molar-refractivity contribution in [2.75, 3.05) is 11.4 Å². The molecule has 1 fully saturated rings. The van der Waals surface area contributed by atoms with Gasteiger partial charge < -0.3 is 4.90 Å². The molecule has 0 unspecified atom stereocenters. The summed E-state index contributed by atoms with van der Waals surface area (Å²) in [4.78, 5) is 13.7. The van der Waals surface area contributed by atoms with Gasteiger partial charge >= 0.3 is 0 Å². The first kappa shape index (κ1) is 10.5. The summed E-state index contributed by atoms with van der Waals surface area (Å²) < 4.78 is 0. The third-order valence-electron chi connectivity index (χ3n) is 2.71. The number of carbonyl (C=O) groups excluding carboxylic acids is 1. The van der Waals surface area contributed by atoms with Crippen LogP contribution >= 0.6 is 11.6 Å². The Bertz CT molecular complexity index is 347. The van der Waals surface area contributed by atoms with Crippen LogP contribution in [0.4, 0.5) is 5.69 Å². The molecule has 3 heteroatoms. The second kappa shape index (κ2) is 4.67. The van der Waals surface area contributed by atoms with E-state index in [2.05, 4.69) is 0 Å². The van der Waals surface area contributed by atoms with E-state index in [1.165, 1.54) is 0 Å². The molecule has 0 N–H and O–H groups in total. The average molecular weight is 224 g/mol. The highest BCUT2D eigenvalue weighted by molar-refractivity contribution is 6.30. The molecule has 2 nitrogen and oxygen atoms in total. The fraction of sp³-hybridized carbons (Fsp3) is 0.417. The summed E-state index contributed by atoms with van der Waals surface area (Å²) in [6.07, 6.45) is 3.93. The predicted molar refractivity (Wildman–Crippen MR) is 62.3 cm³/mol. The summed E-state index contributed by atoms with van der Waals surface area (Å²) in [5, 5.41) is 0.709. The number of anilines is 1. The molecule has 1 aromatic rings. The molecule has 80 valence electrons. The molecule has 15 heavy (non-hydrogen) atoms. The van der Waals surface area contributed by atoms with E-state index in [9.17, 15) is 4.79 Å². The van der Waals surface area contributed by atoms with Crippen LogP contribution in [0.1, 0.15) is 25.7 Å². The van der Waals surface area contributed by atoms with Crippen LogP contribution < -0.4 is 4.90 Å². The molecule has 0 spiro atoms. The SMILES string of the molecule is O=C1CCCCCN1c1ccc(Cl)cc1. The molecule has 1 aromatic carbocycles. The van der Waals surface area contributed by atoms with E-state index in [0.29, 0.717) is 11.4 Å². The van der Waals surface area contributed by atoms with Gasteiger partial charge in [-0.25, -0.2) is 0 Å². The number of hydrogen-bond acceptors (Lipinski definition) is 1. The normalized spacial score (nSPS) is 17.7. The molecule has 2 rings (SSSR count). The number of rotatable bonds is 1. The van der Waals surface area contributed by atoms with E-state index in [1.807, 2.05) is 29.2 Å². The van der Waals surface area contributed by atoms with E-state index in [1.54, 1.807) is 0 Å². The number of hydrogen-bond donors (Lipinski definition) is 0. The third kappa shape index (κ3) is 2.51. The molecule has 0 aromatic heterocycles. The Kier molecular flexibility index (Phi) is 3.27. The second-order valence-corrected chi connectivity index (χ2v) is 4.27. The number of benzene rings is 1. The lowest BCUT2D eigenvalue weighted by Gasteiger charge is -2.20. The van der Waals surface area contributed by atoms with Crippen LogP contribution in [0.3, 0.4) is 0 Å².